The number of aromatic nitrogens is 2. The Morgan fingerprint density at radius 2 is 1.97 bits per heavy atom. The zero-order valence-electron chi connectivity index (χ0n) is 16.5. The minimum absolute atomic E-state index is 0.117. The molecule has 2 aliphatic heterocycles. The van der Waals surface area contributed by atoms with Crippen molar-refractivity contribution in [2.75, 3.05) is 12.3 Å². The van der Waals surface area contributed by atoms with Gasteiger partial charge in [-0.15, -0.1) is 0 Å². The molecule has 33 heavy (non-hydrogen) atoms. The summed E-state index contributed by atoms with van der Waals surface area (Å²) in [5, 5.41) is 58.3. The number of nitrogens with zero attached hydrogens (tertiary/aromatic N) is 2. The first-order valence-electron chi connectivity index (χ1n) is 9.24. The van der Waals surface area contributed by atoms with Gasteiger partial charge in [0, 0.05) is 12.6 Å². The van der Waals surface area contributed by atoms with E-state index in [-0.39, 0.29) is 5.82 Å². The van der Waals surface area contributed by atoms with Crippen molar-refractivity contribution in [2.24, 2.45) is 0 Å². The monoisotopic (exact) mass is 498 g/mol. The van der Waals surface area contributed by atoms with E-state index in [1.807, 2.05) is 0 Å². The summed E-state index contributed by atoms with van der Waals surface area (Å²) in [5.41, 5.74) is 4.44. The number of carboxylic acid groups (broad SMARTS) is 1. The fourth-order valence-electron chi connectivity index (χ4n) is 3.22. The summed E-state index contributed by atoms with van der Waals surface area (Å²) >= 11 is 0. The van der Waals surface area contributed by atoms with E-state index in [2.05, 4.69) is 18.8 Å². The van der Waals surface area contributed by atoms with Gasteiger partial charge in [0.15, 0.2) is 12.5 Å². The molecule has 0 spiro atoms. The number of rotatable bonds is 7. The van der Waals surface area contributed by atoms with E-state index in [1.165, 1.54) is 6.07 Å². The van der Waals surface area contributed by atoms with Gasteiger partial charge in [0.1, 0.15) is 30.2 Å². The lowest BCUT2D eigenvalue weighted by Crippen LogP contribution is -2.59. The van der Waals surface area contributed by atoms with Crippen molar-refractivity contribution < 1.29 is 63.4 Å². The average molecular weight is 498 g/mol. The highest BCUT2D eigenvalue weighted by atomic mass is 31.2. The highest BCUT2D eigenvalue weighted by Gasteiger charge is 2.54. The second-order valence-electron chi connectivity index (χ2n) is 7.25. The van der Waals surface area contributed by atoms with E-state index >= 15 is 0 Å². The third-order valence-electron chi connectivity index (χ3n) is 4.92. The van der Waals surface area contributed by atoms with Crippen LogP contribution in [0.25, 0.3) is 0 Å². The number of ether oxygens (including phenoxy) is 2. The summed E-state index contributed by atoms with van der Waals surface area (Å²) in [6.45, 7) is -1.00. The van der Waals surface area contributed by atoms with E-state index in [1.54, 1.807) is 0 Å². The van der Waals surface area contributed by atoms with Crippen molar-refractivity contribution in [3.63, 3.8) is 0 Å². The van der Waals surface area contributed by atoms with Crippen LogP contribution in [0, 0.1) is 0 Å². The minimum Gasteiger partial charge on any atom is -0.756 e. The number of phosphoric ester groups is 1. The van der Waals surface area contributed by atoms with Crippen LogP contribution in [0.5, 0.6) is 0 Å². The molecule has 8 N–H and O–H groups in total. The largest absolute Gasteiger partial charge is 0.756 e. The number of hydrogen-bond donors (Lipinski definition) is 7. The molecular weight excluding hydrogens is 477 g/mol. The molecule has 0 saturated carbocycles. The van der Waals surface area contributed by atoms with Gasteiger partial charge in [-0.3, -0.25) is 13.7 Å². The molecule has 0 aromatic carbocycles. The molecule has 2 saturated heterocycles. The van der Waals surface area contributed by atoms with Crippen LogP contribution in [0.1, 0.15) is 12.6 Å². The molecule has 0 aliphatic carbocycles. The van der Waals surface area contributed by atoms with Gasteiger partial charge in [0.25, 0.3) is 13.6 Å². The van der Waals surface area contributed by atoms with Gasteiger partial charge < -0.3 is 55.3 Å². The highest BCUT2D eigenvalue weighted by Crippen LogP contribution is 2.47. The third-order valence-corrected chi connectivity index (χ3v) is 5.90. The summed E-state index contributed by atoms with van der Waals surface area (Å²) in [4.78, 5) is 39.1. The normalized spacial score (nSPS) is 38.7. The molecule has 0 bridgehead atoms. The van der Waals surface area contributed by atoms with Gasteiger partial charge in [-0.05, 0) is 6.07 Å². The van der Waals surface area contributed by atoms with Crippen molar-refractivity contribution in [3.05, 3.63) is 22.7 Å². The minimum atomic E-state index is -5.59. The van der Waals surface area contributed by atoms with E-state index in [0.717, 1.165) is 10.8 Å². The standard InChI is InChI=1S/C15H22N3O14P/c16-7-1-2-18(14(26)17-7)11-10(22)9(21)6(30-11)4-29-33(27,28)32-15(13(24)25)3-5(19)8(20)12(23)31-15/h1-2,5-6,8-12,19-23H,3-4H2,(H,24,25)(H,27,28)(H2,16,17,26)/p-1/t5?,6-,8-,9+,10+,11-,12?,15?/m1/s1. The predicted octanol–water partition coefficient (Wildman–Crippen LogP) is -4.81. The van der Waals surface area contributed by atoms with Crippen molar-refractivity contribution >= 4 is 19.6 Å². The van der Waals surface area contributed by atoms with Gasteiger partial charge in [0.2, 0.25) is 0 Å². The van der Waals surface area contributed by atoms with Crippen LogP contribution in [0.4, 0.5) is 5.82 Å². The Hall–Kier alpha value is -2.02. The smallest absolute Gasteiger partial charge is 0.365 e. The first kappa shape index (κ1) is 25.6. The molecule has 3 rings (SSSR count). The lowest BCUT2D eigenvalue weighted by atomic mass is 10.00. The Morgan fingerprint density at radius 1 is 1.30 bits per heavy atom. The molecule has 4 unspecified atom stereocenters. The fourth-order valence-corrected chi connectivity index (χ4v) is 4.16. The maximum absolute atomic E-state index is 12.2. The zero-order chi connectivity index (χ0) is 24.7. The third kappa shape index (κ3) is 5.23. The molecule has 186 valence electrons. The summed E-state index contributed by atoms with van der Waals surface area (Å²) < 4.78 is 31.8. The second-order valence-corrected chi connectivity index (χ2v) is 8.59. The first-order chi connectivity index (χ1) is 15.3. The number of nitrogen functional groups attached to an aromatic ring is 1. The SMILES string of the molecule is Nc1ccn([C@@H]2O[C@H](COP(=O)([O-])OC3(C(=O)O)CC(O)[C@@H](O)C(O)O3)[C@H](O)[C@@H]2O)c(=O)n1. The van der Waals surface area contributed by atoms with Gasteiger partial charge in [-0.2, -0.15) is 4.98 Å². The molecule has 2 aliphatic rings. The molecule has 2 fully saturated rings. The van der Waals surface area contributed by atoms with Crippen LogP contribution in [0.15, 0.2) is 17.1 Å². The summed E-state index contributed by atoms with van der Waals surface area (Å²) in [7, 11) is -5.59. The summed E-state index contributed by atoms with van der Waals surface area (Å²) in [6.07, 6.45) is -12.6. The summed E-state index contributed by atoms with van der Waals surface area (Å²) in [6, 6.07) is 1.21. The van der Waals surface area contributed by atoms with Crippen molar-refractivity contribution in [3.8, 4) is 0 Å². The number of anilines is 1. The number of nitrogens with two attached hydrogens (primary N) is 1. The van der Waals surface area contributed by atoms with E-state index < -0.39 is 81.3 Å². The second kappa shape index (κ2) is 9.32. The zero-order valence-corrected chi connectivity index (χ0v) is 17.4. The molecule has 17 nitrogen and oxygen atoms in total. The lowest BCUT2D eigenvalue weighted by Gasteiger charge is -2.42. The number of carbonyl (C=O) groups is 1. The van der Waals surface area contributed by atoms with Gasteiger partial charge in [-0.25, -0.2) is 9.59 Å². The van der Waals surface area contributed by atoms with Gasteiger partial charge in [-0.1, -0.05) is 0 Å². The number of carboxylic acids is 1. The summed E-state index contributed by atoms with van der Waals surface area (Å²) in [5.74, 6) is -5.31. The number of hydrogen-bond acceptors (Lipinski definition) is 15. The molecule has 1 aromatic rings. The molecule has 3 heterocycles. The van der Waals surface area contributed by atoms with Crippen LogP contribution in [-0.4, -0.2) is 95.4 Å². The van der Waals surface area contributed by atoms with Crippen LogP contribution < -0.4 is 16.3 Å². The quantitative estimate of drug-likeness (QED) is 0.174. The Bertz CT molecular complexity index is 977. The van der Waals surface area contributed by atoms with Crippen molar-refractivity contribution in [1.82, 2.24) is 9.55 Å². The number of aliphatic hydroxyl groups is 5. The predicted molar refractivity (Wildman–Crippen MR) is 97.6 cm³/mol. The maximum Gasteiger partial charge on any atom is 0.365 e. The van der Waals surface area contributed by atoms with Crippen LogP contribution in [0.2, 0.25) is 0 Å². The Morgan fingerprint density at radius 3 is 2.55 bits per heavy atom. The van der Waals surface area contributed by atoms with Crippen LogP contribution in [0.3, 0.4) is 0 Å². The topological polar surface area (TPSA) is 276 Å². The Kier molecular flexibility index (Phi) is 7.23. The first-order valence-corrected chi connectivity index (χ1v) is 10.7. The molecular formula is C15H21N3O14P-. The number of aliphatic carboxylic acids is 1. The van der Waals surface area contributed by atoms with E-state index in [0.29, 0.717) is 0 Å². The van der Waals surface area contributed by atoms with Crippen molar-refractivity contribution in [2.45, 2.75) is 55.2 Å². The van der Waals surface area contributed by atoms with Crippen molar-refractivity contribution in [1.29, 1.82) is 0 Å². The average Bonchev–Trinajstić information content (AvgIpc) is 2.98. The Balaban J connectivity index is 1.70. The Labute approximate surface area is 183 Å². The van der Waals surface area contributed by atoms with Gasteiger partial charge >= 0.3 is 11.7 Å². The number of phosphoric acid groups is 1. The molecule has 18 heteroatoms. The molecule has 1 aromatic heterocycles. The van der Waals surface area contributed by atoms with E-state index in [9.17, 15) is 49.7 Å². The highest BCUT2D eigenvalue weighted by molar-refractivity contribution is 7.45. The fraction of sp³-hybridized carbons (Fsp3) is 0.667. The lowest BCUT2D eigenvalue weighted by molar-refractivity contribution is -0.346. The van der Waals surface area contributed by atoms with Crippen LogP contribution in [-0.2, 0) is 27.9 Å². The van der Waals surface area contributed by atoms with E-state index in [4.69, 9.17) is 10.5 Å². The maximum atomic E-state index is 12.2. The van der Waals surface area contributed by atoms with Gasteiger partial charge in [0.05, 0.1) is 12.7 Å². The number of aliphatic hydroxyl groups excluding tert-OH is 5. The molecule has 0 radical (unpaired) electrons. The molecule has 9 atom stereocenters. The van der Waals surface area contributed by atoms with Crippen LogP contribution >= 0.6 is 7.82 Å². The molecule has 0 amide bonds.